The second-order valence-corrected chi connectivity index (χ2v) is 5.62. The van der Waals surface area contributed by atoms with Crippen LogP contribution >= 0.6 is 0 Å². The Bertz CT molecular complexity index is 780. The summed E-state index contributed by atoms with van der Waals surface area (Å²) in [6.07, 6.45) is -4.19. The van der Waals surface area contributed by atoms with Crippen molar-refractivity contribution in [3.8, 4) is 17.2 Å². The van der Waals surface area contributed by atoms with E-state index in [1.165, 1.54) is 12.1 Å². The summed E-state index contributed by atoms with van der Waals surface area (Å²) in [5.41, 5.74) is 1.30. The fourth-order valence-electron chi connectivity index (χ4n) is 2.38. The minimum atomic E-state index is -4.75. The van der Waals surface area contributed by atoms with Crippen LogP contribution in [0.25, 0.3) is 0 Å². The molecule has 2 N–H and O–H groups in total. The molecule has 9 heteroatoms. The highest BCUT2D eigenvalue weighted by Gasteiger charge is 2.30. The molecule has 0 aliphatic heterocycles. The SMILES string of the molecule is CCOc1ccc(CCNC(=O)Nc2ccc(OC(F)(F)F)cc2)cc1OC. The third-order valence-corrected chi connectivity index (χ3v) is 3.57. The molecule has 0 saturated heterocycles. The average Bonchev–Trinajstić information content (AvgIpc) is 2.63. The smallest absolute Gasteiger partial charge is 0.493 e. The predicted molar refractivity (Wildman–Crippen MR) is 98.0 cm³/mol. The summed E-state index contributed by atoms with van der Waals surface area (Å²) in [6, 6.07) is 9.93. The Labute approximate surface area is 160 Å². The molecule has 0 spiro atoms. The van der Waals surface area contributed by atoms with E-state index in [1.54, 1.807) is 7.11 Å². The van der Waals surface area contributed by atoms with Crippen LogP contribution in [-0.4, -0.2) is 32.7 Å². The molecular formula is C19H21F3N2O4. The molecule has 0 unspecified atom stereocenters. The Morgan fingerprint density at radius 3 is 2.39 bits per heavy atom. The lowest BCUT2D eigenvalue weighted by Crippen LogP contribution is -2.30. The highest BCUT2D eigenvalue weighted by atomic mass is 19.4. The molecule has 0 aromatic heterocycles. The van der Waals surface area contributed by atoms with Crippen molar-refractivity contribution < 1.29 is 32.2 Å². The van der Waals surface area contributed by atoms with Crippen LogP contribution in [0.3, 0.4) is 0 Å². The molecule has 2 amide bonds. The van der Waals surface area contributed by atoms with Gasteiger partial charge in [-0.2, -0.15) is 0 Å². The zero-order valence-electron chi connectivity index (χ0n) is 15.4. The molecule has 0 aliphatic rings. The van der Waals surface area contributed by atoms with E-state index in [2.05, 4.69) is 15.4 Å². The summed E-state index contributed by atoms with van der Waals surface area (Å²) in [5.74, 6) is 0.908. The van der Waals surface area contributed by atoms with Crippen molar-refractivity contribution in [1.82, 2.24) is 5.32 Å². The number of carbonyl (C=O) groups excluding carboxylic acids is 1. The van der Waals surface area contributed by atoms with Gasteiger partial charge in [0.25, 0.3) is 0 Å². The van der Waals surface area contributed by atoms with Gasteiger partial charge in [-0.15, -0.1) is 13.2 Å². The lowest BCUT2D eigenvalue weighted by molar-refractivity contribution is -0.274. The van der Waals surface area contributed by atoms with Crippen molar-refractivity contribution in [2.75, 3.05) is 25.6 Å². The summed E-state index contributed by atoms with van der Waals surface area (Å²) >= 11 is 0. The number of benzene rings is 2. The van der Waals surface area contributed by atoms with Gasteiger partial charge < -0.3 is 24.8 Å². The highest BCUT2D eigenvalue weighted by molar-refractivity contribution is 5.89. The van der Waals surface area contributed by atoms with Gasteiger partial charge in [0.05, 0.1) is 13.7 Å². The standard InChI is InChI=1S/C19H21F3N2O4/c1-3-27-16-9-4-13(12-17(16)26-2)10-11-23-18(25)24-14-5-7-15(8-6-14)28-19(20,21)22/h4-9,12H,3,10-11H2,1-2H3,(H2,23,24,25). The lowest BCUT2D eigenvalue weighted by atomic mass is 10.1. The molecule has 0 aliphatic carbocycles. The van der Waals surface area contributed by atoms with Crippen LogP contribution in [-0.2, 0) is 6.42 Å². The fourth-order valence-corrected chi connectivity index (χ4v) is 2.38. The minimum Gasteiger partial charge on any atom is -0.493 e. The maximum Gasteiger partial charge on any atom is 0.573 e. The topological polar surface area (TPSA) is 68.8 Å². The Balaban J connectivity index is 1.81. The first-order valence-corrected chi connectivity index (χ1v) is 8.51. The van der Waals surface area contributed by atoms with E-state index in [9.17, 15) is 18.0 Å². The van der Waals surface area contributed by atoms with Gasteiger partial charge in [-0.05, 0) is 55.3 Å². The minimum absolute atomic E-state index is 0.342. The zero-order valence-corrected chi connectivity index (χ0v) is 15.4. The Kier molecular flexibility index (Phi) is 7.36. The molecule has 152 valence electrons. The summed E-state index contributed by atoms with van der Waals surface area (Å²) in [7, 11) is 1.55. The number of ether oxygens (including phenoxy) is 3. The number of rotatable bonds is 8. The zero-order chi connectivity index (χ0) is 20.6. The van der Waals surface area contributed by atoms with E-state index < -0.39 is 12.4 Å². The largest absolute Gasteiger partial charge is 0.573 e. The first-order valence-electron chi connectivity index (χ1n) is 8.51. The Hall–Kier alpha value is -3.10. The van der Waals surface area contributed by atoms with Crippen LogP contribution in [0.1, 0.15) is 12.5 Å². The van der Waals surface area contributed by atoms with Gasteiger partial charge in [-0.3, -0.25) is 0 Å². The van der Waals surface area contributed by atoms with Gasteiger partial charge in [0.2, 0.25) is 0 Å². The summed E-state index contributed by atoms with van der Waals surface area (Å²) in [5, 5.41) is 5.21. The quantitative estimate of drug-likeness (QED) is 0.694. The van der Waals surface area contributed by atoms with Crippen LogP contribution in [0.4, 0.5) is 23.7 Å². The van der Waals surface area contributed by atoms with Gasteiger partial charge in [0.1, 0.15) is 5.75 Å². The number of alkyl halides is 3. The predicted octanol–water partition coefficient (Wildman–Crippen LogP) is 4.36. The number of urea groups is 1. The number of halogens is 3. The third kappa shape index (κ3) is 6.90. The number of amides is 2. The van der Waals surface area contributed by atoms with Gasteiger partial charge in [-0.1, -0.05) is 6.07 Å². The maximum atomic E-state index is 12.1. The lowest BCUT2D eigenvalue weighted by Gasteiger charge is -2.12. The molecule has 2 rings (SSSR count). The second kappa shape index (κ2) is 9.72. The van der Waals surface area contributed by atoms with Gasteiger partial charge in [0.15, 0.2) is 11.5 Å². The summed E-state index contributed by atoms with van der Waals surface area (Å²) < 4.78 is 50.9. The molecule has 2 aromatic rings. The van der Waals surface area contributed by atoms with Crippen LogP contribution in [0.5, 0.6) is 17.2 Å². The first-order chi connectivity index (χ1) is 13.3. The van der Waals surface area contributed by atoms with Crippen molar-refractivity contribution in [3.05, 3.63) is 48.0 Å². The highest BCUT2D eigenvalue weighted by Crippen LogP contribution is 2.28. The molecule has 0 fully saturated rings. The van der Waals surface area contributed by atoms with E-state index in [1.807, 2.05) is 25.1 Å². The van der Waals surface area contributed by atoms with E-state index in [4.69, 9.17) is 9.47 Å². The van der Waals surface area contributed by atoms with Crippen LogP contribution in [0.2, 0.25) is 0 Å². The monoisotopic (exact) mass is 398 g/mol. The molecule has 0 bridgehead atoms. The molecule has 28 heavy (non-hydrogen) atoms. The molecule has 0 heterocycles. The van der Waals surface area contributed by atoms with Crippen molar-refractivity contribution in [3.63, 3.8) is 0 Å². The first kappa shape index (κ1) is 21.2. The molecule has 2 aromatic carbocycles. The summed E-state index contributed by atoms with van der Waals surface area (Å²) in [4.78, 5) is 11.9. The van der Waals surface area contributed by atoms with Crippen LogP contribution in [0, 0.1) is 0 Å². The number of hydrogen-bond acceptors (Lipinski definition) is 4. The molecular weight excluding hydrogens is 377 g/mol. The number of hydrogen-bond donors (Lipinski definition) is 2. The fraction of sp³-hybridized carbons (Fsp3) is 0.316. The van der Waals surface area contributed by atoms with Gasteiger partial charge >= 0.3 is 12.4 Å². The molecule has 0 saturated carbocycles. The number of anilines is 1. The number of carbonyl (C=O) groups is 1. The Morgan fingerprint density at radius 1 is 1.07 bits per heavy atom. The van der Waals surface area contributed by atoms with E-state index in [0.29, 0.717) is 36.8 Å². The van der Waals surface area contributed by atoms with Crippen molar-refractivity contribution in [1.29, 1.82) is 0 Å². The molecule has 0 radical (unpaired) electrons. The third-order valence-electron chi connectivity index (χ3n) is 3.57. The molecule has 0 atom stereocenters. The van der Waals surface area contributed by atoms with E-state index in [0.717, 1.165) is 17.7 Å². The van der Waals surface area contributed by atoms with Crippen molar-refractivity contribution in [2.45, 2.75) is 19.7 Å². The number of methoxy groups -OCH3 is 1. The number of nitrogens with one attached hydrogen (secondary N) is 2. The maximum absolute atomic E-state index is 12.1. The van der Waals surface area contributed by atoms with Gasteiger partial charge in [-0.25, -0.2) is 4.79 Å². The Morgan fingerprint density at radius 2 is 1.79 bits per heavy atom. The summed E-state index contributed by atoms with van der Waals surface area (Å²) in [6.45, 7) is 2.77. The second-order valence-electron chi connectivity index (χ2n) is 5.62. The average molecular weight is 398 g/mol. The van der Waals surface area contributed by atoms with Crippen LogP contribution < -0.4 is 24.8 Å². The van der Waals surface area contributed by atoms with E-state index >= 15 is 0 Å². The normalized spacial score (nSPS) is 10.9. The molecule has 6 nitrogen and oxygen atoms in total. The van der Waals surface area contributed by atoms with Crippen molar-refractivity contribution >= 4 is 11.7 Å². The van der Waals surface area contributed by atoms with E-state index in [-0.39, 0.29) is 5.75 Å². The van der Waals surface area contributed by atoms with Gasteiger partial charge in [0, 0.05) is 12.2 Å². The van der Waals surface area contributed by atoms with Crippen LogP contribution in [0.15, 0.2) is 42.5 Å². The van der Waals surface area contributed by atoms with Crippen molar-refractivity contribution in [2.24, 2.45) is 0 Å².